The Morgan fingerprint density at radius 2 is 2.30 bits per heavy atom. The highest BCUT2D eigenvalue weighted by atomic mass is 16.5. The maximum atomic E-state index is 5.36. The van der Waals surface area contributed by atoms with E-state index < -0.39 is 0 Å². The van der Waals surface area contributed by atoms with Gasteiger partial charge in [0.1, 0.15) is 0 Å². The second-order valence-electron chi connectivity index (χ2n) is 2.49. The van der Waals surface area contributed by atoms with Crippen molar-refractivity contribution in [3.63, 3.8) is 0 Å². The Morgan fingerprint density at radius 1 is 1.70 bits per heavy atom. The quantitative estimate of drug-likeness (QED) is 0.602. The van der Waals surface area contributed by atoms with Gasteiger partial charge in [-0.3, -0.25) is 0 Å². The van der Waals surface area contributed by atoms with E-state index in [1.165, 1.54) is 5.57 Å². The third kappa shape index (κ3) is 4.53. The van der Waals surface area contributed by atoms with Crippen molar-refractivity contribution in [3.8, 4) is 0 Å². The van der Waals surface area contributed by atoms with Crippen molar-refractivity contribution in [2.75, 3.05) is 13.7 Å². The van der Waals surface area contributed by atoms with Crippen LogP contribution in [-0.4, -0.2) is 19.8 Å². The van der Waals surface area contributed by atoms with E-state index in [1.54, 1.807) is 7.11 Å². The van der Waals surface area contributed by atoms with E-state index in [0.29, 0.717) is 0 Å². The smallest absolute Gasteiger partial charge is 0.0726 e. The summed E-state index contributed by atoms with van der Waals surface area (Å²) in [5.74, 6) is 0. The fourth-order valence-electron chi connectivity index (χ4n) is 0.780. The first-order valence-electron chi connectivity index (χ1n) is 3.61. The molecule has 0 saturated carbocycles. The lowest BCUT2D eigenvalue weighted by Gasteiger charge is -2.04. The Kier molecular flexibility index (Phi) is 5.26. The van der Waals surface area contributed by atoms with Gasteiger partial charge in [0.2, 0.25) is 0 Å². The summed E-state index contributed by atoms with van der Waals surface area (Å²) < 4.78 is 5.05. The molecule has 0 aliphatic carbocycles. The molecule has 0 bridgehead atoms. The lowest BCUT2D eigenvalue weighted by atomic mass is 10.2. The van der Waals surface area contributed by atoms with E-state index >= 15 is 0 Å². The summed E-state index contributed by atoms with van der Waals surface area (Å²) >= 11 is 0. The summed E-state index contributed by atoms with van der Waals surface area (Å²) in [4.78, 5) is 0. The first-order valence-corrected chi connectivity index (χ1v) is 3.61. The van der Waals surface area contributed by atoms with Gasteiger partial charge in [0.25, 0.3) is 0 Å². The molecule has 0 aromatic carbocycles. The van der Waals surface area contributed by atoms with Crippen LogP contribution in [0.1, 0.15) is 20.3 Å². The highest BCUT2D eigenvalue weighted by molar-refractivity contribution is 5.01. The minimum atomic E-state index is 0.214. The van der Waals surface area contributed by atoms with Gasteiger partial charge < -0.3 is 10.5 Å². The number of nitrogens with two attached hydrogens (primary N) is 1. The van der Waals surface area contributed by atoms with Gasteiger partial charge in [-0.1, -0.05) is 11.6 Å². The molecule has 0 aromatic rings. The summed E-state index contributed by atoms with van der Waals surface area (Å²) in [6, 6.07) is 0. The molecule has 0 aromatic heterocycles. The third-order valence-electron chi connectivity index (χ3n) is 1.43. The van der Waals surface area contributed by atoms with Crippen LogP contribution in [0.15, 0.2) is 11.6 Å². The minimum Gasteiger partial charge on any atom is -0.378 e. The number of methoxy groups -OCH3 is 1. The van der Waals surface area contributed by atoms with Gasteiger partial charge in [-0.25, -0.2) is 0 Å². The van der Waals surface area contributed by atoms with Crippen molar-refractivity contribution in [3.05, 3.63) is 11.6 Å². The minimum absolute atomic E-state index is 0.214. The van der Waals surface area contributed by atoms with Crippen LogP contribution < -0.4 is 5.73 Å². The maximum absolute atomic E-state index is 5.36. The second kappa shape index (κ2) is 5.45. The van der Waals surface area contributed by atoms with Gasteiger partial charge in [0.05, 0.1) is 6.10 Å². The van der Waals surface area contributed by atoms with Crippen molar-refractivity contribution < 1.29 is 4.74 Å². The van der Waals surface area contributed by atoms with Crippen molar-refractivity contribution in [2.24, 2.45) is 5.73 Å². The van der Waals surface area contributed by atoms with Crippen LogP contribution in [0.5, 0.6) is 0 Å². The normalized spacial score (nSPS) is 15.4. The molecule has 1 unspecified atom stereocenters. The second-order valence-corrected chi connectivity index (χ2v) is 2.49. The molecule has 0 aliphatic heterocycles. The van der Waals surface area contributed by atoms with Gasteiger partial charge in [-0.15, -0.1) is 0 Å². The Morgan fingerprint density at radius 3 is 2.70 bits per heavy atom. The molecule has 1 atom stereocenters. The zero-order valence-electron chi connectivity index (χ0n) is 7.05. The topological polar surface area (TPSA) is 35.2 Å². The van der Waals surface area contributed by atoms with E-state index in [1.807, 2.05) is 6.92 Å². The average molecular weight is 143 g/mol. The predicted molar refractivity (Wildman–Crippen MR) is 43.9 cm³/mol. The Hall–Kier alpha value is -0.340. The standard InChI is InChI=1S/C8H17NO/c1-7(4-5-9)6-8(2)10-3/h6,8H,4-5,9H2,1-3H3/b7-6+. The lowest BCUT2D eigenvalue weighted by molar-refractivity contribution is 0.155. The molecule has 0 fully saturated rings. The van der Waals surface area contributed by atoms with Gasteiger partial charge >= 0.3 is 0 Å². The first-order chi connectivity index (χ1) is 4.70. The van der Waals surface area contributed by atoms with Crippen LogP contribution >= 0.6 is 0 Å². The molecule has 0 aliphatic rings. The van der Waals surface area contributed by atoms with Crippen molar-refractivity contribution in [1.82, 2.24) is 0 Å². The molecular weight excluding hydrogens is 126 g/mol. The fourth-order valence-corrected chi connectivity index (χ4v) is 0.780. The Labute approximate surface area is 63.1 Å². The third-order valence-corrected chi connectivity index (χ3v) is 1.43. The van der Waals surface area contributed by atoms with Crippen LogP contribution in [0, 0.1) is 0 Å². The highest BCUT2D eigenvalue weighted by Crippen LogP contribution is 2.01. The Balaban J connectivity index is 3.65. The van der Waals surface area contributed by atoms with E-state index in [4.69, 9.17) is 10.5 Å². The van der Waals surface area contributed by atoms with Crippen LogP contribution in [0.3, 0.4) is 0 Å². The maximum Gasteiger partial charge on any atom is 0.0726 e. The zero-order valence-corrected chi connectivity index (χ0v) is 7.05. The highest BCUT2D eigenvalue weighted by Gasteiger charge is 1.93. The van der Waals surface area contributed by atoms with Crippen LogP contribution in [-0.2, 0) is 4.74 Å². The molecule has 0 rings (SSSR count). The van der Waals surface area contributed by atoms with Gasteiger partial charge in [-0.05, 0) is 26.8 Å². The number of ether oxygens (including phenoxy) is 1. The molecule has 0 heterocycles. The summed E-state index contributed by atoms with van der Waals surface area (Å²) in [6.45, 7) is 4.81. The van der Waals surface area contributed by atoms with Gasteiger partial charge in [0, 0.05) is 7.11 Å². The molecule has 60 valence electrons. The average Bonchev–Trinajstić information content (AvgIpc) is 1.88. The molecule has 2 nitrogen and oxygen atoms in total. The largest absolute Gasteiger partial charge is 0.378 e. The SMILES string of the molecule is COC(C)/C=C(\C)CCN. The predicted octanol–water partition coefficient (Wildman–Crippen LogP) is 1.32. The van der Waals surface area contributed by atoms with Gasteiger partial charge in [0.15, 0.2) is 0 Å². The van der Waals surface area contributed by atoms with Crippen molar-refractivity contribution in [2.45, 2.75) is 26.4 Å². The molecule has 2 N–H and O–H groups in total. The molecule has 0 saturated heterocycles. The first kappa shape index (κ1) is 9.66. The monoisotopic (exact) mass is 143 g/mol. The van der Waals surface area contributed by atoms with E-state index in [0.717, 1.165) is 13.0 Å². The fraction of sp³-hybridized carbons (Fsp3) is 0.750. The summed E-state index contributed by atoms with van der Waals surface area (Å²) in [7, 11) is 1.71. The molecule has 2 heteroatoms. The summed E-state index contributed by atoms with van der Waals surface area (Å²) in [6.07, 6.45) is 3.27. The van der Waals surface area contributed by atoms with Crippen molar-refractivity contribution >= 4 is 0 Å². The molecule has 0 radical (unpaired) electrons. The summed E-state index contributed by atoms with van der Waals surface area (Å²) in [5.41, 5.74) is 6.67. The van der Waals surface area contributed by atoms with E-state index in [2.05, 4.69) is 13.0 Å². The van der Waals surface area contributed by atoms with Crippen LogP contribution in [0.25, 0.3) is 0 Å². The Bertz CT molecular complexity index is 110. The van der Waals surface area contributed by atoms with Crippen LogP contribution in [0.2, 0.25) is 0 Å². The molecule has 0 amide bonds. The molecular formula is C8H17NO. The van der Waals surface area contributed by atoms with Gasteiger partial charge in [-0.2, -0.15) is 0 Å². The number of hydrogen-bond acceptors (Lipinski definition) is 2. The molecule has 10 heavy (non-hydrogen) atoms. The summed E-state index contributed by atoms with van der Waals surface area (Å²) in [5, 5.41) is 0. The number of rotatable bonds is 4. The lowest BCUT2D eigenvalue weighted by Crippen LogP contribution is -2.03. The zero-order chi connectivity index (χ0) is 7.98. The molecule has 0 spiro atoms. The van der Waals surface area contributed by atoms with Crippen LogP contribution in [0.4, 0.5) is 0 Å². The van der Waals surface area contributed by atoms with Crippen molar-refractivity contribution in [1.29, 1.82) is 0 Å². The van der Waals surface area contributed by atoms with E-state index in [9.17, 15) is 0 Å². The van der Waals surface area contributed by atoms with E-state index in [-0.39, 0.29) is 6.10 Å². The number of hydrogen-bond donors (Lipinski definition) is 1.